The molecule has 5 aromatic carbocycles. The summed E-state index contributed by atoms with van der Waals surface area (Å²) in [6.45, 7) is 0.511. The topological polar surface area (TPSA) is 8.17 Å². The Balaban J connectivity index is 1.43. The number of aromatic nitrogens is 1. The Bertz CT molecular complexity index is 2350. The van der Waals surface area contributed by atoms with E-state index in [-0.39, 0.29) is 5.41 Å². The van der Waals surface area contributed by atoms with E-state index in [0.29, 0.717) is 11.1 Å². The van der Waals surface area contributed by atoms with Crippen LogP contribution in [0.1, 0.15) is 70.6 Å². The van der Waals surface area contributed by atoms with Crippen LogP contribution in [0.2, 0.25) is 0 Å². The summed E-state index contributed by atoms with van der Waals surface area (Å²) < 4.78 is 57.1. The third kappa shape index (κ3) is 3.84. The van der Waals surface area contributed by atoms with Gasteiger partial charge in [0.1, 0.15) is 0 Å². The molecule has 224 valence electrons. The van der Waals surface area contributed by atoms with Crippen LogP contribution in [0.15, 0.2) is 121 Å². The molecule has 0 fully saturated rings. The predicted octanol–water partition coefficient (Wildman–Crippen LogP) is 8.48. The molecule has 0 saturated carbocycles. The van der Waals surface area contributed by atoms with Crippen molar-refractivity contribution in [1.82, 2.24) is 4.57 Å². The quantitative estimate of drug-likeness (QED) is 0.185. The van der Waals surface area contributed by atoms with E-state index in [2.05, 4.69) is 90.9 Å². The Kier molecular flexibility index (Phi) is 4.58. The molecule has 0 radical (unpaired) electrons. The van der Waals surface area contributed by atoms with Crippen LogP contribution in [0.3, 0.4) is 0 Å². The van der Waals surface area contributed by atoms with Crippen molar-refractivity contribution in [2.45, 2.75) is 58.1 Å². The number of fused-ring (bicyclic) bond motifs is 5. The predicted molar refractivity (Wildman–Crippen MR) is 195 cm³/mol. The van der Waals surface area contributed by atoms with Gasteiger partial charge in [-0.1, -0.05) is 125 Å². The van der Waals surface area contributed by atoms with E-state index in [4.69, 9.17) is 8.22 Å². The summed E-state index contributed by atoms with van der Waals surface area (Å²) in [5.74, 6) is 0. The molecule has 2 nitrogen and oxygen atoms in total. The summed E-state index contributed by atoms with van der Waals surface area (Å²) in [5.41, 5.74) is 10.0. The van der Waals surface area contributed by atoms with Crippen molar-refractivity contribution in [3.05, 3.63) is 149 Å². The van der Waals surface area contributed by atoms with Crippen LogP contribution < -0.4 is 21.4 Å². The smallest absolute Gasteiger partial charge is 0.268 e. The molecule has 3 aliphatic rings. The van der Waals surface area contributed by atoms with E-state index in [1.54, 1.807) is 6.07 Å². The lowest BCUT2D eigenvalue weighted by atomic mass is 9.31. The summed E-state index contributed by atoms with van der Waals surface area (Å²) >= 11 is 0. The largest absolute Gasteiger partial charge is 0.323 e. The minimum atomic E-state index is -2.87. The number of hydrogen-bond donors (Lipinski definition) is 0. The Morgan fingerprint density at radius 1 is 0.652 bits per heavy atom. The zero-order valence-electron chi connectivity index (χ0n) is 32.4. The lowest BCUT2D eigenvalue weighted by Gasteiger charge is -2.45. The minimum Gasteiger partial charge on any atom is -0.323 e. The third-order valence-electron chi connectivity index (χ3n) is 10.3. The van der Waals surface area contributed by atoms with E-state index in [1.807, 2.05) is 54.6 Å². The van der Waals surface area contributed by atoms with Gasteiger partial charge >= 0.3 is 0 Å². The molecule has 3 heterocycles. The number of rotatable bonds is 3. The molecule has 0 amide bonds. The first-order valence-corrected chi connectivity index (χ1v) is 16.3. The summed E-state index contributed by atoms with van der Waals surface area (Å²) in [6.07, 6.45) is 1.70. The highest BCUT2D eigenvalue weighted by Gasteiger charge is 2.49. The van der Waals surface area contributed by atoms with Gasteiger partial charge in [-0.05, 0) is 88.1 Å². The van der Waals surface area contributed by atoms with Crippen molar-refractivity contribution in [1.29, 1.82) is 0 Å². The second-order valence-electron chi connectivity index (χ2n) is 14.1. The molecule has 46 heavy (non-hydrogen) atoms. The first kappa shape index (κ1) is 21.9. The fourth-order valence-electron chi connectivity index (χ4n) is 8.01. The van der Waals surface area contributed by atoms with E-state index in [9.17, 15) is 0 Å². The molecule has 1 aromatic heterocycles. The number of hydrogen-bond acceptors (Lipinski definition) is 1. The average molecular weight is 601 g/mol. The second-order valence-corrected chi connectivity index (χ2v) is 14.1. The van der Waals surface area contributed by atoms with Crippen LogP contribution >= 0.6 is 0 Å². The van der Waals surface area contributed by atoms with Gasteiger partial charge in [-0.2, -0.15) is 0 Å². The number of para-hydroxylation sites is 1. The third-order valence-corrected chi connectivity index (χ3v) is 10.3. The highest BCUT2D eigenvalue weighted by Crippen LogP contribution is 2.45. The number of aryl methyl sites for hydroxylation is 2. The minimum absolute atomic E-state index is 0.274. The first-order valence-electron chi connectivity index (χ1n) is 19.3. The molecule has 3 heteroatoms. The molecule has 0 bridgehead atoms. The lowest BCUT2D eigenvalue weighted by Crippen LogP contribution is -2.65. The molecule has 0 N–H and O–H groups in total. The molecular weight excluding hydrogens is 555 g/mol. The Labute approximate surface area is 281 Å². The summed E-state index contributed by atoms with van der Waals surface area (Å²) in [7, 11) is 0. The van der Waals surface area contributed by atoms with Crippen LogP contribution in [0.5, 0.6) is 0 Å². The summed E-state index contributed by atoms with van der Waals surface area (Å²) in [6, 6.07) is 41.1. The Morgan fingerprint density at radius 2 is 1.33 bits per heavy atom. The van der Waals surface area contributed by atoms with Crippen molar-refractivity contribution in [3.63, 3.8) is 0 Å². The van der Waals surface area contributed by atoms with E-state index in [0.717, 1.165) is 74.5 Å². The standard InChI is InChI=1S/C43H39BN2/c1-42(2,3)39-27-38-41(46(39)32-15-10-7-11-16-32)44-36-26-31-20-19-30(31)25-35(36)43(4,5)34-17-12-18-37(40(34)44)45(38)33-23-21-29(22-24-33)28-13-8-6-9-14-28/h6-18,21-27H,19-20H2,1-5H3/i4D3,5D3. The summed E-state index contributed by atoms with van der Waals surface area (Å²) in [4.78, 5) is 2.23. The molecule has 6 aromatic rings. The van der Waals surface area contributed by atoms with Crippen LogP contribution in [-0.2, 0) is 23.7 Å². The van der Waals surface area contributed by atoms with Crippen LogP contribution in [0, 0.1) is 0 Å². The van der Waals surface area contributed by atoms with Gasteiger partial charge in [0, 0.05) is 47.4 Å². The Morgan fingerprint density at radius 3 is 2.00 bits per heavy atom. The van der Waals surface area contributed by atoms with Crippen molar-refractivity contribution in [3.8, 4) is 16.8 Å². The highest BCUT2D eigenvalue weighted by molar-refractivity contribution is 6.98. The van der Waals surface area contributed by atoms with Gasteiger partial charge in [-0.25, -0.2) is 0 Å². The molecular formula is C43H39BN2. The zero-order valence-corrected chi connectivity index (χ0v) is 26.4. The van der Waals surface area contributed by atoms with Crippen LogP contribution in [-0.4, -0.2) is 11.3 Å². The number of nitrogens with zero attached hydrogens (tertiary/aromatic N) is 2. The normalized spacial score (nSPS) is 17.9. The van der Waals surface area contributed by atoms with Gasteiger partial charge in [-0.3, -0.25) is 0 Å². The molecule has 0 saturated heterocycles. The van der Waals surface area contributed by atoms with Crippen LogP contribution in [0.25, 0.3) is 16.8 Å². The maximum atomic E-state index is 9.13. The molecule has 0 spiro atoms. The second kappa shape index (κ2) is 9.63. The fraction of sp³-hybridized carbons (Fsp3) is 0.209. The zero-order chi connectivity index (χ0) is 36.4. The highest BCUT2D eigenvalue weighted by atomic mass is 15.2. The fourth-order valence-corrected chi connectivity index (χ4v) is 8.01. The van der Waals surface area contributed by atoms with Crippen molar-refractivity contribution >= 4 is 40.3 Å². The number of anilines is 3. The van der Waals surface area contributed by atoms with Gasteiger partial charge < -0.3 is 9.47 Å². The average Bonchev–Trinajstić information content (AvgIpc) is 3.50. The van der Waals surface area contributed by atoms with Crippen molar-refractivity contribution in [2.75, 3.05) is 4.90 Å². The Hall–Kier alpha value is -4.76. The lowest BCUT2D eigenvalue weighted by molar-refractivity contribution is 0.558. The van der Waals surface area contributed by atoms with Gasteiger partial charge in [0.2, 0.25) is 0 Å². The van der Waals surface area contributed by atoms with Gasteiger partial charge in [0.05, 0.1) is 5.69 Å². The maximum absolute atomic E-state index is 9.13. The molecule has 2 aliphatic heterocycles. The molecule has 1 aliphatic carbocycles. The van der Waals surface area contributed by atoms with E-state index >= 15 is 0 Å². The van der Waals surface area contributed by atoms with E-state index in [1.165, 1.54) is 5.56 Å². The van der Waals surface area contributed by atoms with Gasteiger partial charge in [0.25, 0.3) is 6.71 Å². The summed E-state index contributed by atoms with van der Waals surface area (Å²) in [5, 5.41) is 0. The van der Waals surface area contributed by atoms with Crippen molar-refractivity contribution in [2.24, 2.45) is 0 Å². The number of benzene rings is 5. The van der Waals surface area contributed by atoms with E-state index < -0.39 is 25.8 Å². The van der Waals surface area contributed by atoms with Crippen molar-refractivity contribution < 1.29 is 8.22 Å². The molecule has 0 atom stereocenters. The first-order chi connectivity index (χ1) is 24.7. The monoisotopic (exact) mass is 600 g/mol. The molecule has 9 rings (SSSR count). The van der Waals surface area contributed by atoms with Gasteiger partial charge in [-0.15, -0.1) is 0 Å². The van der Waals surface area contributed by atoms with Gasteiger partial charge in [0.15, 0.2) is 0 Å². The maximum Gasteiger partial charge on any atom is 0.268 e. The molecule has 0 unspecified atom stereocenters. The van der Waals surface area contributed by atoms with Crippen LogP contribution in [0.4, 0.5) is 17.1 Å². The SMILES string of the molecule is [2H]C([2H])([2H])C1(C([2H])([2H])[2H])c2cc3c(cc2B2c4c(cccc41)N(c1ccc(-c4ccccc4)cc1)c1cc(C(C)(C)C)n(-c4ccccc4)c12)CC3.